The highest BCUT2D eigenvalue weighted by Crippen LogP contribution is 2.28. The summed E-state index contributed by atoms with van der Waals surface area (Å²) in [4.78, 5) is 0. The molecule has 0 aliphatic carbocycles. The number of hydrogen-bond donors (Lipinski definition) is 1. The largest absolute Gasteiger partial charge is 0.497 e. The fourth-order valence-electron chi connectivity index (χ4n) is 3.13. The lowest BCUT2D eigenvalue weighted by atomic mass is 10.0. The summed E-state index contributed by atoms with van der Waals surface area (Å²) in [5.74, 6) is 0.932. The van der Waals surface area contributed by atoms with E-state index in [1.165, 1.54) is 30.4 Å². The van der Waals surface area contributed by atoms with E-state index in [0.29, 0.717) is 12.1 Å². The molecule has 0 amide bonds. The first-order valence-electron chi connectivity index (χ1n) is 7.79. The molecule has 0 bridgehead atoms. The van der Waals surface area contributed by atoms with Crippen molar-refractivity contribution in [3.63, 3.8) is 0 Å². The van der Waals surface area contributed by atoms with E-state index >= 15 is 0 Å². The Bertz CT molecular complexity index is 550. The van der Waals surface area contributed by atoms with Crippen LogP contribution < -0.4 is 10.1 Å². The van der Waals surface area contributed by atoms with Crippen molar-refractivity contribution >= 4 is 0 Å². The normalized spacial score (nSPS) is 21.4. The maximum Gasteiger partial charge on any atom is 0.118 e. The average Bonchev–Trinajstić information content (AvgIpc) is 3.03. The van der Waals surface area contributed by atoms with Gasteiger partial charge in [-0.05, 0) is 48.9 Å². The lowest BCUT2D eigenvalue weighted by molar-refractivity contribution is 0.414. The van der Waals surface area contributed by atoms with E-state index in [0.717, 1.165) is 12.2 Å². The highest BCUT2D eigenvalue weighted by molar-refractivity contribution is 5.27. The average molecular weight is 281 g/mol. The van der Waals surface area contributed by atoms with Gasteiger partial charge in [-0.3, -0.25) is 0 Å². The maximum absolute atomic E-state index is 5.20. The predicted molar refractivity (Wildman–Crippen MR) is 86.7 cm³/mol. The summed E-state index contributed by atoms with van der Waals surface area (Å²) in [6.07, 6.45) is 4.85. The van der Waals surface area contributed by atoms with Gasteiger partial charge in [-0.25, -0.2) is 0 Å². The molecule has 0 spiro atoms. The monoisotopic (exact) mass is 281 g/mol. The molecule has 110 valence electrons. The van der Waals surface area contributed by atoms with E-state index in [-0.39, 0.29) is 0 Å². The summed E-state index contributed by atoms with van der Waals surface area (Å²) in [5, 5.41) is 3.78. The number of nitrogens with one attached hydrogen (secondary N) is 1. The van der Waals surface area contributed by atoms with Crippen molar-refractivity contribution in [3.05, 3.63) is 65.7 Å². The Kier molecular flexibility index (Phi) is 4.56. The SMILES string of the molecule is COc1ccc(CCC2CCC(c3ccccc3)N2)cc1. The van der Waals surface area contributed by atoms with Crippen molar-refractivity contribution in [1.82, 2.24) is 5.32 Å². The van der Waals surface area contributed by atoms with E-state index in [1.54, 1.807) is 7.11 Å². The summed E-state index contributed by atoms with van der Waals surface area (Å²) in [6.45, 7) is 0. The number of rotatable bonds is 5. The van der Waals surface area contributed by atoms with Crippen molar-refractivity contribution in [1.29, 1.82) is 0 Å². The molecule has 1 saturated heterocycles. The summed E-state index contributed by atoms with van der Waals surface area (Å²) in [7, 11) is 1.71. The molecule has 1 aliphatic heterocycles. The Labute approximate surface area is 127 Å². The third-order valence-corrected chi connectivity index (χ3v) is 4.38. The number of aryl methyl sites for hydroxylation is 1. The maximum atomic E-state index is 5.20. The van der Waals surface area contributed by atoms with Gasteiger partial charge in [-0.2, -0.15) is 0 Å². The van der Waals surface area contributed by atoms with E-state index < -0.39 is 0 Å². The molecule has 1 N–H and O–H groups in total. The minimum atomic E-state index is 0.534. The van der Waals surface area contributed by atoms with Gasteiger partial charge in [0.2, 0.25) is 0 Å². The van der Waals surface area contributed by atoms with Crippen LogP contribution in [0.4, 0.5) is 0 Å². The first kappa shape index (κ1) is 14.2. The van der Waals surface area contributed by atoms with Gasteiger partial charge in [0.15, 0.2) is 0 Å². The van der Waals surface area contributed by atoms with E-state index in [9.17, 15) is 0 Å². The van der Waals surface area contributed by atoms with Gasteiger partial charge in [0.05, 0.1) is 7.11 Å². The van der Waals surface area contributed by atoms with Crippen molar-refractivity contribution in [2.45, 2.75) is 37.8 Å². The first-order chi connectivity index (χ1) is 10.3. The van der Waals surface area contributed by atoms with Crippen LogP contribution in [0, 0.1) is 0 Å². The van der Waals surface area contributed by atoms with Crippen LogP contribution >= 0.6 is 0 Å². The summed E-state index contributed by atoms with van der Waals surface area (Å²) in [6, 6.07) is 20.4. The Balaban J connectivity index is 1.50. The second-order valence-electron chi connectivity index (χ2n) is 5.79. The number of hydrogen-bond acceptors (Lipinski definition) is 2. The van der Waals surface area contributed by atoms with Crippen LogP contribution in [0.3, 0.4) is 0 Å². The second-order valence-corrected chi connectivity index (χ2v) is 5.79. The molecular formula is C19H23NO. The molecule has 1 fully saturated rings. The summed E-state index contributed by atoms with van der Waals surface area (Å²) in [5.41, 5.74) is 2.81. The third kappa shape index (κ3) is 3.64. The van der Waals surface area contributed by atoms with Gasteiger partial charge in [-0.15, -0.1) is 0 Å². The molecule has 0 saturated carbocycles. The smallest absolute Gasteiger partial charge is 0.118 e. The molecule has 1 heterocycles. The predicted octanol–water partition coefficient (Wildman–Crippen LogP) is 4.12. The molecule has 3 rings (SSSR count). The highest BCUT2D eigenvalue weighted by atomic mass is 16.5. The molecule has 2 unspecified atom stereocenters. The van der Waals surface area contributed by atoms with Crippen molar-refractivity contribution in [3.8, 4) is 5.75 Å². The van der Waals surface area contributed by atoms with Gasteiger partial charge < -0.3 is 10.1 Å². The first-order valence-corrected chi connectivity index (χ1v) is 7.79. The minimum absolute atomic E-state index is 0.534. The van der Waals surface area contributed by atoms with Crippen molar-refractivity contribution in [2.75, 3.05) is 7.11 Å². The van der Waals surface area contributed by atoms with Crippen molar-refractivity contribution < 1.29 is 4.74 Å². The molecular weight excluding hydrogens is 258 g/mol. The molecule has 1 aliphatic rings. The molecule has 2 nitrogen and oxygen atoms in total. The van der Waals surface area contributed by atoms with Gasteiger partial charge >= 0.3 is 0 Å². The van der Waals surface area contributed by atoms with Crippen LogP contribution in [0.5, 0.6) is 5.75 Å². The van der Waals surface area contributed by atoms with Crippen LogP contribution in [-0.4, -0.2) is 13.2 Å². The van der Waals surface area contributed by atoms with Crippen LogP contribution in [-0.2, 0) is 6.42 Å². The Morgan fingerprint density at radius 1 is 1.00 bits per heavy atom. The van der Waals surface area contributed by atoms with Crippen LogP contribution in [0.25, 0.3) is 0 Å². The molecule has 21 heavy (non-hydrogen) atoms. The third-order valence-electron chi connectivity index (χ3n) is 4.38. The Morgan fingerprint density at radius 3 is 2.48 bits per heavy atom. The molecule has 2 heteroatoms. The van der Waals surface area contributed by atoms with E-state index in [1.807, 2.05) is 12.1 Å². The zero-order chi connectivity index (χ0) is 14.5. The molecule has 2 atom stereocenters. The summed E-state index contributed by atoms with van der Waals surface area (Å²) < 4.78 is 5.20. The van der Waals surface area contributed by atoms with E-state index in [2.05, 4.69) is 47.8 Å². The molecule has 2 aromatic rings. The van der Waals surface area contributed by atoms with Gasteiger partial charge in [0.1, 0.15) is 5.75 Å². The fraction of sp³-hybridized carbons (Fsp3) is 0.368. The minimum Gasteiger partial charge on any atom is -0.497 e. The van der Waals surface area contributed by atoms with Crippen LogP contribution in [0.2, 0.25) is 0 Å². The lowest BCUT2D eigenvalue weighted by Crippen LogP contribution is -2.24. The second kappa shape index (κ2) is 6.77. The van der Waals surface area contributed by atoms with Gasteiger partial charge in [0, 0.05) is 12.1 Å². The Hall–Kier alpha value is -1.80. The number of benzene rings is 2. The summed E-state index contributed by atoms with van der Waals surface area (Å²) >= 11 is 0. The number of methoxy groups -OCH3 is 1. The standard InChI is InChI=1S/C19H23NO/c1-21-18-12-8-15(9-13-18)7-10-17-11-14-19(20-17)16-5-3-2-4-6-16/h2-6,8-9,12-13,17,19-20H,7,10-11,14H2,1H3. The molecule has 2 aromatic carbocycles. The van der Waals surface area contributed by atoms with Crippen molar-refractivity contribution in [2.24, 2.45) is 0 Å². The highest BCUT2D eigenvalue weighted by Gasteiger charge is 2.24. The lowest BCUT2D eigenvalue weighted by Gasteiger charge is -2.14. The number of ether oxygens (including phenoxy) is 1. The molecule has 0 aromatic heterocycles. The fourth-order valence-corrected chi connectivity index (χ4v) is 3.13. The zero-order valence-electron chi connectivity index (χ0n) is 12.6. The molecule has 0 radical (unpaired) electrons. The topological polar surface area (TPSA) is 21.3 Å². The quantitative estimate of drug-likeness (QED) is 0.890. The van der Waals surface area contributed by atoms with Crippen LogP contribution in [0.1, 0.15) is 36.4 Å². The van der Waals surface area contributed by atoms with Gasteiger partial charge in [-0.1, -0.05) is 42.5 Å². The zero-order valence-corrected chi connectivity index (χ0v) is 12.6. The van der Waals surface area contributed by atoms with Gasteiger partial charge in [0.25, 0.3) is 0 Å². The Morgan fingerprint density at radius 2 is 1.76 bits per heavy atom. The van der Waals surface area contributed by atoms with E-state index in [4.69, 9.17) is 4.74 Å². The van der Waals surface area contributed by atoms with Crippen LogP contribution in [0.15, 0.2) is 54.6 Å².